The lowest BCUT2D eigenvalue weighted by molar-refractivity contribution is -0.116. The molecule has 6 heteroatoms. The number of benzene rings is 1. The first-order chi connectivity index (χ1) is 10.5. The van der Waals surface area contributed by atoms with E-state index in [1.54, 1.807) is 42.6 Å². The molecule has 114 valence electrons. The van der Waals surface area contributed by atoms with Gasteiger partial charge in [0, 0.05) is 43.5 Å². The number of carbonyl (C=O) groups excluding carboxylic acids is 2. The number of aromatic nitrogens is 1. The van der Waals surface area contributed by atoms with Gasteiger partial charge in [0.25, 0.3) is 5.56 Å². The molecule has 0 aliphatic heterocycles. The van der Waals surface area contributed by atoms with Crippen LogP contribution in [-0.4, -0.2) is 16.4 Å². The lowest BCUT2D eigenvalue weighted by Crippen LogP contribution is -2.21. The summed E-state index contributed by atoms with van der Waals surface area (Å²) in [7, 11) is 0. The fourth-order valence-electron chi connectivity index (χ4n) is 1.93. The van der Waals surface area contributed by atoms with Crippen LogP contribution in [0.25, 0.3) is 0 Å². The molecule has 0 fully saturated rings. The van der Waals surface area contributed by atoms with E-state index in [0.29, 0.717) is 17.9 Å². The number of pyridine rings is 1. The third kappa shape index (κ3) is 4.59. The molecule has 22 heavy (non-hydrogen) atoms. The van der Waals surface area contributed by atoms with Crippen molar-refractivity contribution in [3.8, 4) is 0 Å². The number of amides is 2. The van der Waals surface area contributed by atoms with Gasteiger partial charge in [-0.05, 0) is 30.3 Å². The number of hydrogen-bond donors (Lipinski definition) is 2. The summed E-state index contributed by atoms with van der Waals surface area (Å²) >= 11 is 0. The number of carbonyl (C=O) groups is 2. The summed E-state index contributed by atoms with van der Waals surface area (Å²) in [4.78, 5) is 34.3. The average Bonchev–Trinajstić information content (AvgIpc) is 2.48. The smallest absolute Gasteiger partial charge is 0.250 e. The zero-order valence-electron chi connectivity index (χ0n) is 12.2. The highest BCUT2D eigenvalue weighted by atomic mass is 16.2. The van der Waals surface area contributed by atoms with Crippen LogP contribution < -0.4 is 16.2 Å². The highest BCUT2D eigenvalue weighted by molar-refractivity contribution is 5.92. The van der Waals surface area contributed by atoms with Crippen molar-refractivity contribution in [1.29, 1.82) is 0 Å². The summed E-state index contributed by atoms with van der Waals surface area (Å²) in [6.07, 6.45) is 1.86. The Morgan fingerprint density at radius 2 is 1.64 bits per heavy atom. The molecule has 6 nitrogen and oxygen atoms in total. The van der Waals surface area contributed by atoms with Crippen molar-refractivity contribution in [1.82, 2.24) is 4.57 Å². The van der Waals surface area contributed by atoms with Gasteiger partial charge in [-0.3, -0.25) is 14.4 Å². The molecule has 0 saturated carbocycles. The number of anilines is 2. The number of nitrogens with one attached hydrogen (secondary N) is 2. The molecule has 0 aliphatic carbocycles. The third-order valence-electron chi connectivity index (χ3n) is 2.97. The Morgan fingerprint density at radius 1 is 1.00 bits per heavy atom. The SMILES string of the molecule is CC(=O)Nc1ccc(NC(=O)CCn2ccccc2=O)cc1. The van der Waals surface area contributed by atoms with Crippen molar-refractivity contribution in [2.45, 2.75) is 19.9 Å². The van der Waals surface area contributed by atoms with Crippen LogP contribution in [0.2, 0.25) is 0 Å². The summed E-state index contributed by atoms with van der Waals surface area (Å²) in [5, 5.41) is 5.39. The van der Waals surface area contributed by atoms with Crippen LogP contribution in [0.5, 0.6) is 0 Å². The normalized spacial score (nSPS) is 10.0. The van der Waals surface area contributed by atoms with Crippen LogP contribution in [0.15, 0.2) is 53.5 Å². The van der Waals surface area contributed by atoms with Gasteiger partial charge in [-0.1, -0.05) is 6.07 Å². The van der Waals surface area contributed by atoms with E-state index in [4.69, 9.17) is 0 Å². The molecule has 2 amide bonds. The van der Waals surface area contributed by atoms with E-state index in [1.807, 2.05) is 0 Å². The molecule has 2 aromatic rings. The lowest BCUT2D eigenvalue weighted by atomic mass is 10.2. The van der Waals surface area contributed by atoms with Gasteiger partial charge in [-0.25, -0.2) is 0 Å². The van der Waals surface area contributed by atoms with Crippen LogP contribution in [0.1, 0.15) is 13.3 Å². The molecule has 0 bridgehead atoms. The highest BCUT2D eigenvalue weighted by Gasteiger charge is 2.04. The van der Waals surface area contributed by atoms with E-state index in [-0.39, 0.29) is 23.8 Å². The summed E-state index contributed by atoms with van der Waals surface area (Å²) in [6.45, 7) is 1.76. The Bertz CT molecular complexity index is 720. The Hall–Kier alpha value is -2.89. The minimum atomic E-state index is -0.178. The Balaban J connectivity index is 1.88. The first-order valence-electron chi connectivity index (χ1n) is 6.87. The van der Waals surface area contributed by atoms with Crippen LogP contribution in [-0.2, 0) is 16.1 Å². The van der Waals surface area contributed by atoms with Gasteiger partial charge >= 0.3 is 0 Å². The standard InChI is InChI=1S/C16H17N3O3/c1-12(20)17-13-5-7-14(8-6-13)18-15(21)9-11-19-10-3-2-4-16(19)22/h2-8,10H,9,11H2,1H3,(H,17,20)(H,18,21). The molecule has 1 aromatic carbocycles. The van der Waals surface area contributed by atoms with Crippen molar-refractivity contribution in [3.05, 3.63) is 59.0 Å². The molecule has 0 aliphatic rings. The Morgan fingerprint density at radius 3 is 2.23 bits per heavy atom. The van der Waals surface area contributed by atoms with E-state index in [9.17, 15) is 14.4 Å². The predicted molar refractivity (Wildman–Crippen MR) is 84.7 cm³/mol. The van der Waals surface area contributed by atoms with Gasteiger partial charge in [0.1, 0.15) is 0 Å². The zero-order valence-corrected chi connectivity index (χ0v) is 12.2. The maximum Gasteiger partial charge on any atom is 0.250 e. The molecule has 0 atom stereocenters. The van der Waals surface area contributed by atoms with Crippen molar-refractivity contribution in [2.75, 3.05) is 10.6 Å². The lowest BCUT2D eigenvalue weighted by Gasteiger charge is -2.08. The van der Waals surface area contributed by atoms with Crippen LogP contribution >= 0.6 is 0 Å². The summed E-state index contributed by atoms with van der Waals surface area (Å²) < 4.78 is 1.49. The summed E-state index contributed by atoms with van der Waals surface area (Å²) in [5.74, 6) is -0.326. The third-order valence-corrected chi connectivity index (χ3v) is 2.97. The van der Waals surface area contributed by atoms with Crippen molar-refractivity contribution in [2.24, 2.45) is 0 Å². The molecule has 1 heterocycles. The molecule has 0 spiro atoms. The number of nitrogens with zero attached hydrogens (tertiary/aromatic N) is 1. The number of aryl methyl sites for hydroxylation is 1. The monoisotopic (exact) mass is 299 g/mol. The molecule has 0 saturated heterocycles. The zero-order chi connectivity index (χ0) is 15.9. The summed E-state index contributed by atoms with van der Waals surface area (Å²) in [6, 6.07) is 11.7. The van der Waals surface area contributed by atoms with Gasteiger partial charge in [0.15, 0.2) is 0 Å². The van der Waals surface area contributed by atoms with E-state index < -0.39 is 0 Å². The van der Waals surface area contributed by atoms with Gasteiger partial charge in [0.05, 0.1) is 0 Å². The molecular weight excluding hydrogens is 282 g/mol. The number of rotatable bonds is 5. The summed E-state index contributed by atoms with van der Waals surface area (Å²) in [5.41, 5.74) is 1.18. The minimum absolute atomic E-state index is 0.130. The quantitative estimate of drug-likeness (QED) is 0.884. The van der Waals surface area contributed by atoms with Gasteiger partial charge in [-0.2, -0.15) is 0 Å². The van der Waals surface area contributed by atoms with E-state index in [1.165, 1.54) is 17.6 Å². The minimum Gasteiger partial charge on any atom is -0.326 e. The second kappa shape index (κ2) is 7.21. The molecule has 2 N–H and O–H groups in total. The maximum atomic E-state index is 11.9. The van der Waals surface area contributed by atoms with Crippen molar-refractivity contribution < 1.29 is 9.59 Å². The molecule has 0 unspecified atom stereocenters. The van der Waals surface area contributed by atoms with E-state index >= 15 is 0 Å². The van der Waals surface area contributed by atoms with Crippen LogP contribution in [0.4, 0.5) is 11.4 Å². The fourth-order valence-corrected chi connectivity index (χ4v) is 1.93. The molecular formula is C16H17N3O3. The predicted octanol–water partition coefficient (Wildman–Crippen LogP) is 1.84. The molecule has 1 aromatic heterocycles. The first kappa shape index (κ1) is 15.5. The Kier molecular flexibility index (Phi) is 5.08. The Labute approximate surface area is 127 Å². The second-order valence-corrected chi connectivity index (χ2v) is 4.79. The maximum absolute atomic E-state index is 11.9. The second-order valence-electron chi connectivity index (χ2n) is 4.79. The van der Waals surface area contributed by atoms with Gasteiger partial charge < -0.3 is 15.2 Å². The van der Waals surface area contributed by atoms with Crippen LogP contribution in [0, 0.1) is 0 Å². The highest BCUT2D eigenvalue weighted by Crippen LogP contribution is 2.13. The molecule has 0 radical (unpaired) electrons. The van der Waals surface area contributed by atoms with Gasteiger partial charge in [0.2, 0.25) is 11.8 Å². The van der Waals surface area contributed by atoms with Crippen LogP contribution in [0.3, 0.4) is 0 Å². The fraction of sp³-hybridized carbons (Fsp3) is 0.188. The molecule has 2 rings (SSSR count). The van der Waals surface area contributed by atoms with E-state index in [2.05, 4.69) is 10.6 Å². The van der Waals surface area contributed by atoms with Gasteiger partial charge in [-0.15, -0.1) is 0 Å². The average molecular weight is 299 g/mol. The first-order valence-corrected chi connectivity index (χ1v) is 6.87. The largest absolute Gasteiger partial charge is 0.326 e. The van der Waals surface area contributed by atoms with Crippen molar-refractivity contribution >= 4 is 23.2 Å². The van der Waals surface area contributed by atoms with Crippen molar-refractivity contribution in [3.63, 3.8) is 0 Å². The van der Waals surface area contributed by atoms with E-state index in [0.717, 1.165) is 0 Å². The topological polar surface area (TPSA) is 80.2 Å². The number of hydrogen-bond acceptors (Lipinski definition) is 3.